The molecule has 1 rings (SSSR count). The van der Waals surface area contributed by atoms with Crippen molar-refractivity contribution in [2.75, 3.05) is 57.1 Å². The molecular formula is C14H28N6O. The molecule has 120 valence electrons. The highest BCUT2D eigenvalue weighted by atomic mass is 16.5. The molecule has 7 nitrogen and oxygen atoms in total. The Morgan fingerprint density at radius 2 is 1.76 bits per heavy atom. The summed E-state index contributed by atoms with van der Waals surface area (Å²) >= 11 is 0. The molecule has 0 saturated heterocycles. The minimum absolute atomic E-state index is 0.390. The lowest BCUT2D eigenvalue weighted by molar-refractivity contribution is 0.263. The molecule has 0 saturated carbocycles. The third-order valence-corrected chi connectivity index (χ3v) is 2.97. The summed E-state index contributed by atoms with van der Waals surface area (Å²) in [4.78, 5) is 17.3. The summed E-state index contributed by atoms with van der Waals surface area (Å²) in [6.45, 7) is 10.2. The molecule has 1 aromatic rings. The van der Waals surface area contributed by atoms with Crippen LogP contribution in [0.5, 0.6) is 6.01 Å². The molecule has 0 aliphatic rings. The largest absolute Gasteiger partial charge is 0.463 e. The van der Waals surface area contributed by atoms with Gasteiger partial charge in [0.2, 0.25) is 11.9 Å². The summed E-state index contributed by atoms with van der Waals surface area (Å²) in [7, 11) is 4.09. The van der Waals surface area contributed by atoms with Crippen LogP contribution in [-0.4, -0.2) is 66.7 Å². The Labute approximate surface area is 127 Å². The highest BCUT2D eigenvalue weighted by Crippen LogP contribution is 2.15. The predicted molar refractivity (Wildman–Crippen MR) is 86.2 cm³/mol. The van der Waals surface area contributed by atoms with Crippen molar-refractivity contribution in [3.63, 3.8) is 0 Å². The van der Waals surface area contributed by atoms with E-state index < -0.39 is 0 Å². The molecule has 0 unspecified atom stereocenters. The van der Waals surface area contributed by atoms with Crippen molar-refractivity contribution in [2.45, 2.75) is 27.2 Å². The van der Waals surface area contributed by atoms with E-state index in [4.69, 9.17) is 4.74 Å². The van der Waals surface area contributed by atoms with E-state index >= 15 is 0 Å². The average Bonchev–Trinajstić information content (AvgIpc) is 2.45. The van der Waals surface area contributed by atoms with Crippen molar-refractivity contribution in [1.29, 1.82) is 0 Å². The Kier molecular flexibility index (Phi) is 7.74. The van der Waals surface area contributed by atoms with E-state index in [1.165, 1.54) is 0 Å². The SMILES string of the molecule is CCNc1nc(OCCCN(C)C)nc(N(CC)CC)n1. The van der Waals surface area contributed by atoms with Crippen molar-refractivity contribution in [3.8, 4) is 6.01 Å². The zero-order valence-electron chi connectivity index (χ0n) is 13.9. The molecule has 1 heterocycles. The van der Waals surface area contributed by atoms with Crippen LogP contribution in [0, 0.1) is 0 Å². The number of rotatable bonds is 10. The van der Waals surface area contributed by atoms with Gasteiger partial charge in [-0.05, 0) is 41.3 Å². The number of aromatic nitrogens is 3. The molecule has 1 N–H and O–H groups in total. The van der Waals surface area contributed by atoms with Crippen molar-refractivity contribution >= 4 is 11.9 Å². The fraction of sp³-hybridized carbons (Fsp3) is 0.786. The quantitative estimate of drug-likeness (QED) is 0.656. The van der Waals surface area contributed by atoms with Gasteiger partial charge >= 0.3 is 6.01 Å². The van der Waals surface area contributed by atoms with Gasteiger partial charge < -0.3 is 19.9 Å². The van der Waals surface area contributed by atoms with Crippen LogP contribution in [-0.2, 0) is 0 Å². The van der Waals surface area contributed by atoms with E-state index in [1.807, 2.05) is 21.0 Å². The summed E-state index contributed by atoms with van der Waals surface area (Å²) in [5, 5.41) is 3.12. The monoisotopic (exact) mass is 296 g/mol. The van der Waals surface area contributed by atoms with Crippen molar-refractivity contribution in [2.24, 2.45) is 0 Å². The van der Waals surface area contributed by atoms with Gasteiger partial charge in [0.05, 0.1) is 6.61 Å². The second kappa shape index (κ2) is 9.33. The number of ether oxygens (including phenoxy) is 1. The first-order valence-electron chi connectivity index (χ1n) is 7.63. The van der Waals surface area contributed by atoms with Crippen molar-refractivity contribution < 1.29 is 4.74 Å². The number of anilines is 2. The van der Waals surface area contributed by atoms with Gasteiger partial charge in [-0.15, -0.1) is 0 Å². The standard InChI is InChI=1S/C14H28N6O/c1-6-15-12-16-13(20(7-2)8-3)18-14(17-12)21-11-9-10-19(4)5/h6-11H2,1-5H3,(H,15,16,17,18). The van der Waals surface area contributed by atoms with E-state index in [2.05, 4.69) is 43.9 Å². The van der Waals surface area contributed by atoms with Crippen LogP contribution in [0.3, 0.4) is 0 Å². The molecule has 0 bridgehead atoms. The fourth-order valence-electron chi connectivity index (χ4n) is 1.84. The molecule has 0 radical (unpaired) electrons. The van der Waals surface area contributed by atoms with Gasteiger partial charge in [-0.1, -0.05) is 0 Å². The maximum atomic E-state index is 5.67. The molecule has 0 aliphatic heterocycles. The van der Waals surface area contributed by atoms with E-state index in [0.717, 1.165) is 32.6 Å². The van der Waals surface area contributed by atoms with Crippen LogP contribution in [0.1, 0.15) is 27.2 Å². The normalized spacial score (nSPS) is 10.8. The van der Waals surface area contributed by atoms with Crippen LogP contribution in [0.2, 0.25) is 0 Å². The Morgan fingerprint density at radius 3 is 2.33 bits per heavy atom. The van der Waals surface area contributed by atoms with Gasteiger partial charge in [0.1, 0.15) is 0 Å². The number of nitrogens with one attached hydrogen (secondary N) is 1. The summed E-state index contributed by atoms with van der Waals surface area (Å²) in [6, 6.07) is 0.390. The summed E-state index contributed by atoms with van der Waals surface area (Å²) < 4.78 is 5.67. The highest BCUT2D eigenvalue weighted by molar-refractivity contribution is 5.38. The third-order valence-electron chi connectivity index (χ3n) is 2.97. The molecule has 7 heteroatoms. The second-order valence-electron chi connectivity index (χ2n) is 4.95. The lowest BCUT2D eigenvalue weighted by Gasteiger charge is -2.19. The molecule has 1 aromatic heterocycles. The molecular weight excluding hydrogens is 268 g/mol. The summed E-state index contributed by atoms with van der Waals surface area (Å²) in [6.07, 6.45) is 0.940. The van der Waals surface area contributed by atoms with Crippen molar-refractivity contribution in [3.05, 3.63) is 0 Å². The predicted octanol–water partition coefficient (Wildman–Crippen LogP) is 1.48. The van der Waals surface area contributed by atoms with Crippen LogP contribution < -0.4 is 15.0 Å². The molecule has 0 aromatic carbocycles. The Balaban J connectivity index is 2.76. The minimum Gasteiger partial charge on any atom is -0.463 e. The minimum atomic E-state index is 0.390. The van der Waals surface area contributed by atoms with Gasteiger partial charge in [0.15, 0.2) is 0 Å². The molecule has 0 fully saturated rings. The van der Waals surface area contributed by atoms with Gasteiger partial charge in [-0.25, -0.2) is 0 Å². The first kappa shape index (κ1) is 17.4. The molecule has 0 atom stereocenters. The molecule has 21 heavy (non-hydrogen) atoms. The maximum Gasteiger partial charge on any atom is 0.323 e. The van der Waals surface area contributed by atoms with Crippen LogP contribution in [0.15, 0.2) is 0 Å². The number of nitrogens with zero attached hydrogens (tertiary/aromatic N) is 5. The van der Waals surface area contributed by atoms with Gasteiger partial charge in [0.25, 0.3) is 0 Å². The number of hydrogen-bond acceptors (Lipinski definition) is 7. The van der Waals surface area contributed by atoms with Crippen LogP contribution >= 0.6 is 0 Å². The maximum absolute atomic E-state index is 5.67. The lowest BCUT2D eigenvalue weighted by atomic mass is 10.4. The fourth-order valence-corrected chi connectivity index (χ4v) is 1.84. The third kappa shape index (κ3) is 6.12. The first-order valence-corrected chi connectivity index (χ1v) is 7.63. The van der Waals surface area contributed by atoms with Gasteiger partial charge in [-0.3, -0.25) is 0 Å². The van der Waals surface area contributed by atoms with E-state index in [0.29, 0.717) is 24.5 Å². The van der Waals surface area contributed by atoms with E-state index in [-0.39, 0.29) is 0 Å². The summed E-state index contributed by atoms with van der Waals surface area (Å²) in [5.41, 5.74) is 0. The zero-order valence-corrected chi connectivity index (χ0v) is 13.9. The molecule has 0 spiro atoms. The van der Waals surface area contributed by atoms with Crippen LogP contribution in [0.4, 0.5) is 11.9 Å². The average molecular weight is 296 g/mol. The smallest absolute Gasteiger partial charge is 0.323 e. The van der Waals surface area contributed by atoms with Gasteiger partial charge in [0, 0.05) is 26.2 Å². The summed E-state index contributed by atoms with van der Waals surface area (Å²) in [5.74, 6) is 1.23. The first-order chi connectivity index (χ1) is 10.1. The Hall–Kier alpha value is -1.63. The van der Waals surface area contributed by atoms with E-state index in [1.54, 1.807) is 0 Å². The van der Waals surface area contributed by atoms with Gasteiger partial charge in [-0.2, -0.15) is 15.0 Å². The molecule has 0 amide bonds. The highest BCUT2D eigenvalue weighted by Gasteiger charge is 2.11. The second-order valence-corrected chi connectivity index (χ2v) is 4.95. The van der Waals surface area contributed by atoms with Crippen LogP contribution in [0.25, 0.3) is 0 Å². The number of hydrogen-bond donors (Lipinski definition) is 1. The topological polar surface area (TPSA) is 66.4 Å². The van der Waals surface area contributed by atoms with E-state index in [9.17, 15) is 0 Å². The lowest BCUT2D eigenvalue weighted by Crippen LogP contribution is -2.25. The Morgan fingerprint density at radius 1 is 1.05 bits per heavy atom. The molecule has 0 aliphatic carbocycles. The zero-order chi connectivity index (χ0) is 15.7. The Bertz CT molecular complexity index is 408. The van der Waals surface area contributed by atoms with Crippen molar-refractivity contribution in [1.82, 2.24) is 19.9 Å².